The van der Waals surface area contributed by atoms with Gasteiger partial charge < -0.3 is 9.64 Å². The number of rotatable bonds is 1. The highest BCUT2D eigenvalue weighted by atomic mass is 35.5. The van der Waals surface area contributed by atoms with E-state index < -0.39 is 5.60 Å². The molecule has 3 rings (SSSR count). The first kappa shape index (κ1) is 15.3. The molecule has 4 nitrogen and oxygen atoms in total. The first-order chi connectivity index (χ1) is 10.2. The van der Waals surface area contributed by atoms with E-state index in [-0.39, 0.29) is 11.5 Å². The van der Waals surface area contributed by atoms with Crippen LogP contribution in [0.25, 0.3) is 6.08 Å². The molecular formula is C17H21ClN2O2. The molecule has 118 valence electrons. The molecule has 0 atom stereocenters. The van der Waals surface area contributed by atoms with E-state index in [4.69, 9.17) is 16.3 Å². The number of hydrogen-bond acceptors (Lipinski definition) is 3. The van der Waals surface area contributed by atoms with Crippen LogP contribution in [-0.4, -0.2) is 34.7 Å². The summed E-state index contributed by atoms with van der Waals surface area (Å²) in [6, 6.07) is 3.77. The second kappa shape index (κ2) is 5.27. The first-order valence-electron chi connectivity index (χ1n) is 7.54. The van der Waals surface area contributed by atoms with Gasteiger partial charge in [-0.25, -0.2) is 9.78 Å². The minimum atomic E-state index is -0.425. The molecular weight excluding hydrogens is 300 g/mol. The maximum Gasteiger partial charge on any atom is 0.410 e. The van der Waals surface area contributed by atoms with Crippen molar-refractivity contribution in [1.82, 2.24) is 9.88 Å². The molecule has 5 heteroatoms. The Morgan fingerprint density at radius 2 is 2.05 bits per heavy atom. The average molecular weight is 321 g/mol. The SMILES string of the molecule is CC(C)(C)OC(=O)N1CC2(CC(=Cc3ccc(Cl)nc3)C2)C1. The predicted molar refractivity (Wildman–Crippen MR) is 86.7 cm³/mol. The second-order valence-corrected chi connectivity index (χ2v) is 7.79. The van der Waals surface area contributed by atoms with Crippen molar-refractivity contribution in [3.8, 4) is 0 Å². The summed E-state index contributed by atoms with van der Waals surface area (Å²) in [7, 11) is 0. The second-order valence-electron chi connectivity index (χ2n) is 7.41. The van der Waals surface area contributed by atoms with Crippen LogP contribution >= 0.6 is 11.6 Å². The molecule has 0 aromatic carbocycles. The van der Waals surface area contributed by atoms with Crippen molar-refractivity contribution in [2.24, 2.45) is 5.41 Å². The monoisotopic (exact) mass is 320 g/mol. The van der Waals surface area contributed by atoms with E-state index >= 15 is 0 Å². The van der Waals surface area contributed by atoms with Crippen molar-refractivity contribution in [2.75, 3.05) is 13.1 Å². The van der Waals surface area contributed by atoms with Gasteiger partial charge in [0, 0.05) is 24.7 Å². The quantitative estimate of drug-likeness (QED) is 0.730. The number of carbonyl (C=O) groups is 1. The van der Waals surface area contributed by atoms with Crippen molar-refractivity contribution in [3.63, 3.8) is 0 Å². The average Bonchev–Trinajstić information content (AvgIpc) is 2.30. The summed E-state index contributed by atoms with van der Waals surface area (Å²) in [5.41, 5.74) is 2.35. The molecule has 0 N–H and O–H groups in total. The lowest BCUT2D eigenvalue weighted by Crippen LogP contribution is -2.62. The highest BCUT2D eigenvalue weighted by Gasteiger charge is 2.52. The van der Waals surface area contributed by atoms with Crippen molar-refractivity contribution in [1.29, 1.82) is 0 Å². The number of carbonyl (C=O) groups excluding carboxylic acids is 1. The Morgan fingerprint density at radius 1 is 1.36 bits per heavy atom. The number of nitrogens with zero attached hydrogens (tertiary/aromatic N) is 2. The molecule has 22 heavy (non-hydrogen) atoms. The van der Waals surface area contributed by atoms with Gasteiger partial charge in [-0.15, -0.1) is 0 Å². The van der Waals surface area contributed by atoms with E-state index in [1.165, 1.54) is 5.57 Å². The van der Waals surface area contributed by atoms with Gasteiger partial charge in [0.05, 0.1) is 0 Å². The predicted octanol–water partition coefficient (Wildman–Crippen LogP) is 4.15. The van der Waals surface area contributed by atoms with E-state index in [2.05, 4.69) is 11.1 Å². The van der Waals surface area contributed by atoms with Crippen molar-refractivity contribution >= 4 is 23.8 Å². The molecule has 1 aliphatic carbocycles. The summed E-state index contributed by atoms with van der Waals surface area (Å²) in [6.45, 7) is 7.29. The molecule has 1 saturated heterocycles. The zero-order valence-corrected chi connectivity index (χ0v) is 14.0. The van der Waals surface area contributed by atoms with Crippen LogP contribution < -0.4 is 0 Å². The van der Waals surface area contributed by atoms with E-state index in [0.29, 0.717) is 5.15 Å². The number of halogens is 1. The Hall–Kier alpha value is -1.55. The van der Waals surface area contributed by atoms with Crippen LogP contribution in [0.4, 0.5) is 4.79 Å². The normalized spacial score (nSPS) is 19.5. The maximum atomic E-state index is 11.9. The van der Waals surface area contributed by atoms with Gasteiger partial charge in [0.15, 0.2) is 0 Å². The van der Waals surface area contributed by atoms with Crippen LogP contribution in [0.15, 0.2) is 23.9 Å². The molecule has 1 spiro atoms. The van der Waals surface area contributed by atoms with Gasteiger partial charge in [-0.05, 0) is 45.2 Å². The molecule has 1 aromatic heterocycles. The molecule has 1 aliphatic heterocycles. The van der Waals surface area contributed by atoms with Crippen LogP contribution in [0.5, 0.6) is 0 Å². The summed E-state index contributed by atoms with van der Waals surface area (Å²) >= 11 is 5.78. The molecule has 1 amide bonds. The van der Waals surface area contributed by atoms with Gasteiger partial charge in [-0.1, -0.05) is 29.3 Å². The zero-order chi connectivity index (χ0) is 16.0. The molecule has 2 aliphatic rings. The fourth-order valence-corrected chi connectivity index (χ4v) is 3.28. The molecule has 0 unspecified atom stereocenters. The number of allylic oxidation sites excluding steroid dienone is 1. The lowest BCUT2D eigenvalue weighted by Gasteiger charge is -2.56. The van der Waals surface area contributed by atoms with E-state index in [0.717, 1.165) is 31.5 Å². The Kier molecular flexibility index (Phi) is 3.68. The molecule has 2 heterocycles. The summed E-state index contributed by atoms with van der Waals surface area (Å²) in [4.78, 5) is 17.8. The van der Waals surface area contributed by atoms with Crippen LogP contribution in [0, 0.1) is 5.41 Å². The third kappa shape index (κ3) is 3.27. The largest absolute Gasteiger partial charge is 0.444 e. The van der Waals surface area contributed by atoms with Gasteiger partial charge in [-0.2, -0.15) is 0 Å². The van der Waals surface area contributed by atoms with Crippen molar-refractivity contribution < 1.29 is 9.53 Å². The summed E-state index contributed by atoms with van der Waals surface area (Å²) < 4.78 is 5.39. The fraction of sp³-hybridized carbons (Fsp3) is 0.529. The maximum absolute atomic E-state index is 11.9. The zero-order valence-electron chi connectivity index (χ0n) is 13.2. The van der Waals surface area contributed by atoms with E-state index in [9.17, 15) is 4.79 Å². The highest BCUT2D eigenvalue weighted by molar-refractivity contribution is 6.29. The Morgan fingerprint density at radius 3 is 2.59 bits per heavy atom. The lowest BCUT2D eigenvalue weighted by molar-refractivity contribution is -0.0498. The number of hydrogen-bond donors (Lipinski definition) is 0. The molecule has 0 bridgehead atoms. The van der Waals surface area contributed by atoms with Crippen LogP contribution in [-0.2, 0) is 4.74 Å². The Labute approximate surface area is 136 Å². The topological polar surface area (TPSA) is 42.4 Å². The fourth-order valence-electron chi connectivity index (χ4n) is 3.16. The number of pyridine rings is 1. The van der Waals surface area contributed by atoms with Crippen LogP contribution in [0.1, 0.15) is 39.2 Å². The van der Waals surface area contributed by atoms with Gasteiger partial charge in [0.1, 0.15) is 10.8 Å². The van der Waals surface area contributed by atoms with E-state index in [1.807, 2.05) is 26.8 Å². The molecule has 2 fully saturated rings. The number of likely N-dealkylation sites (tertiary alicyclic amines) is 1. The molecule has 1 aromatic rings. The van der Waals surface area contributed by atoms with Gasteiger partial charge in [0.2, 0.25) is 0 Å². The molecule has 1 saturated carbocycles. The summed E-state index contributed by atoms with van der Waals surface area (Å²) in [5, 5.41) is 0.513. The smallest absolute Gasteiger partial charge is 0.410 e. The van der Waals surface area contributed by atoms with Crippen LogP contribution in [0.3, 0.4) is 0 Å². The number of amides is 1. The van der Waals surface area contributed by atoms with Crippen molar-refractivity contribution in [3.05, 3.63) is 34.6 Å². The van der Waals surface area contributed by atoms with Crippen molar-refractivity contribution in [2.45, 2.75) is 39.2 Å². The first-order valence-corrected chi connectivity index (χ1v) is 7.92. The molecule has 0 radical (unpaired) electrons. The lowest BCUT2D eigenvalue weighted by atomic mass is 9.60. The van der Waals surface area contributed by atoms with Gasteiger partial charge >= 0.3 is 6.09 Å². The van der Waals surface area contributed by atoms with Gasteiger partial charge in [-0.3, -0.25) is 0 Å². The third-order valence-corrected chi connectivity index (χ3v) is 4.25. The summed E-state index contributed by atoms with van der Waals surface area (Å²) in [5.74, 6) is 0. The minimum Gasteiger partial charge on any atom is -0.444 e. The summed E-state index contributed by atoms with van der Waals surface area (Å²) in [6.07, 6.45) is 5.86. The third-order valence-electron chi connectivity index (χ3n) is 4.03. The Bertz CT molecular complexity index is 601. The highest BCUT2D eigenvalue weighted by Crippen LogP contribution is 2.52. The van der Waals surface area contributed by atoms with Crippen LogP contribution in [0.2, 0.25) is 5.15 Å². The standard InChI is InChI=1S/C17H21ClN2O2/c1-16(2,3)22-15(21)20-10-17(11-20)7-13(8-17)6-12-4-5-14(18)19-9-12/h4-6,9H,7-8,10-11H2,1-3H3. The van der Waals surface area contributed by atoms with E-state index in [1.54, 1.807) is 17.2 Å². The number of aromatic nitrogens is 1. The Balaban J connectivity index is 1.50. The van der Waals surface area contributed by atoms with Gasteiger partial charge in [0.25, 0.3) is 0 Å². The minimum absolute atomic E-state index is 0.197. The number of ether oxygens (including phenoxy) is 1.